The molecule has 7 heteroatoms. The van der Waals surface area contributed by atoms with Crippen LogP contribution in [-0.4, -0.2) is 44.4 Å². The van der Waals surface area contributed by atoms with Crippen molar-refractivity contribution in [1.29, 1.82) is 0 Å². The average molecular weight is 267 g/mol. The minimum Gasteiger partial charge on any atom is -0.390 e. The molecule has 0 aromatic carbocycles. The monoisotopic (exact) mass is 267 g/mol. The summed E-state index contributed by atoms with van der Waals surface area (Å²) >= 11 is 0. The van der Waals surface area contributed by atoms with Gasteiger partial charge in [-0.25, -0.2) is 4.68 Å². The van der Waals surface area contributed by atoms with Crippen molar-refractivity contribution in [2.24, 2.45) is 0 Å². The lowest BCUT2D eigenvalue weighted by molar-refractivity contribution is -0.135. The zero-order valence-corrected chi connectivity index (χ0v) is 10.8. The normalized spacial score (nSPS) is 18.3. The quantitative estimate of drug-likeness (QED) is 0.711. The lowest BCUT2D eigenvalue weighted by Crippen LogP contribution is -2.47. The van der Waals surface area contributed by atoms with E-state index >= 15 is 0 Å². The van der Waals surface area contributed by atoms with Crippen LogP contribution in [0, 0.1) is 0 Å². The van der Waals surface area contributed by atoms with Crippen LogP contribution in [0.2, 0.25) is 0 Å². The van der Waals surface area contributed by atoms with Gasteiger partial charge >= 0.3 is 0 Å². The van der Waals surface area contributed by atoms with E-state index in [0.717, 1.165) is 16.8 Å². The van der Waals surface area contributed by atoms with Gasteiger partial charge in [0.1, 0.15) is 6.54 Å². The Balaban J connectivity index is 2.04. The molecule has 0 radical (unpaired) electrons. The second kappa shape index (κ2) is 5.00. The number of amides is 1. The van der Waals surface area contributed by atoms with Gasteiger partial charge < -0.3 is 10.0 Å². The van der Waals surface area contributed by atoms with Crippen molar-refractivity contribution in [2.45, 2.75) is 31.9 Å². The van der Waals surface area contributed by atoms with E-state index in [0.29, 0.717) is 25.9 Å². The fourth-order valence-corrected chi connectivity index (χ4v) is 2.05. The van der Waals surface area contributed by atoms with Crippen molar-refractivity contribution in [3.05, 3.63) is 32.8 Å². The smallest absolute Gasteiger partial charge is 0.265 e. The molecule has 1 aliphatic heterocycles. The highest BCUT2D eigenvalue weighted by molar-refractivity contribution is 5.76. The van der Waals surface area contributed by atoms with E-state index in [9.17, 15) is 19.5 Å². The lowest BCUT2D eigenvalue weighted by atomic mass is 9.94. The number of carbonyl (C=O) groups is 1. The van der Waals surface area contributed by atoms with Gasteiger partial charge in [-0.1, -0.05) is 0 Å². The molecule has 7 nitrogen and oxygen atoms in total. The molecule has 104 valence electrons. The first-order chi connectivity index (χ1) is 8.87. The number of nitrogens with zero attached hydrogens (tertiary/aromatic N) is 2. The number of hydrogen-bond acceptors (Lipinski definition) is 4. The van der Waals surface area contributed by atoms with Gasteiger partial charge in [-0.2, -0.15) is 0 Å². The van der Waals surface area contributed by atoms with Gasteiger partial charge in [0.25, 0.3) is 11.1 Å². The molecule has 0 bridgehead atoms. The Morgan fingerprint density at radius 1 is 1.37 bits per heavy atom. The molecule has 2 heterocycles. The van der Waals surface area contributed by atoms with Gasteiger partial charge in [-0.15, -0.1) is 0 Å². The van der Waals surface area contributed by atoms with Gasteiger partial charge in [-0.05, 0) is 19.8 Å². The third kappa shape index (κ3) is 3.31. The van der Waals surface area contributed by atoms with Crippen molar-refractivity contribution in [2.75, 3.05) is 13.1 Å². The molecule has 19 heavy (non-hydrogen) atoms. The lowest BCUT2D eigenvalue weighted by Gasteiger charge is -2.35. The highest BCUT2D eigenvalue weighted by atomic mass is 16.3. The van der Waals surface area contributed by atoms with Crippen LogP contribution in [0.5, 0.6) is 0 Å². The molecular weight excluding hydrogens is 250 g/mol. The Labute approximate surface area is 109 Å². The summed E-state index contributed by atoms with van der Waals surface area (Å²) in [6.45, 7) is 2.47. The third-order valence-electron chi connectivity index (χ3n) is 3.38. The van der Waals surface area contributed by atoms with Crippen LogP contribution in [0.15, 0.2) is 21.7 Å². The van der Waals surface area contributed by atoms with Crippen LogP contribution in [0.4, 0.5) is 0 Å². The first-order valence-electron chi connectivity index (χ1n) is 6.18. The summed E-state index contributed by atoms with van der Waals surface area (Å²) in [4.78, 5) is 36.2. The van der Waals surface area contributed by atoms with E-state index in [1.54, 1.807) is 11.8 Å². The molecule has 0 aliphatic carbocycles. The second-order valence-corrected chi connectivity index (χ2v) is 5.11. The third-order valence-corrected chi connectivity index (χ3v) is 3.38. The van der Waals surface area contributed by atoms with E-state index in [1.165, 1.54) is 0 Å². The number of rotatable bonds is 2. The van der Waals surface area contributed by atoms with Crippen LogP contribution in [0.25, 0.3) is 0 Å². The number of H-pyrrole nitrogens is 1. The molecule has 1 aliphatic rings. The molecule has 1 fully saturated rings. The summed E-state index contributed by atoms with van der Waals surface area (Å²) < 4.78 is 0.997. The fraction of sp³-hybridized carbons (Fsp3) is 0.583. The van der Waals surface area contributed by atoms with Gasteiger partial charge in [0.2, 0.25) is 5.91 Å². The molecule has 0 unspecified atom stereocenters. The number of hydrogen-bond donors (Lipinski definition) is 2. The predicted octanol–water partition coefficient (Wildman–Crippen LogP) is -1.09. The first kappa shape index (κ1) is 13.5. The van der Waals surface area contributed by atoms with Crippen LogP contribution in [0.3, 0.4) is 0 Å². The van der Waals surface area contributed by atoms with Gasteiger partial charge in [-0.3, -0.25) is 19.5 Å². The molecule has 0 saturated carbocycles. The average Bonchev–Trinajstić information content (AvgIpc) is 2.33. The Morgan fingerprint density at radius 3 is 2.63 bits per heavy atom. The van der Waals surface area contributed by atoms with E-state index in [4.69, 9.17) is 0 Å². The minimum absolute atomic E-state index is 0.183. The molecule has 2 N–H and O–H groups in total. The van der Waals surface area contributed by atoms with Crippen molar-refractivity contribution in [3.8, 4) is 0 Å². The number of carbonyl (C=O) groups excluding carboxylic acids is 1. The zero-order valence-electron chi connectivity index (χ0n) is 10.8. The van der Waals surface area contributed by atoms with E-state index in [2.05, 4.69) is 5.10 Å². The summed E-state index contributed by atoms with van der Waals surface area (Å²) in [6.07, 6.45) is 1.03. The molecule has 1 aromatic heterocycles. The summed E-state index contributed by atoms with van der Waals surface area (Å²) in [5.41, 5.74) is -1.57. The highest BCUT2D eigenvalue weighted by Crippen LogP contribution is 2.20. The summed E-state index contributed by atoms with van der Waals surface area (Å²) in [6, 6.07) is 2.26. The Kier molecular flexibility index (Phi) is 3.57. The van der Waals surface area contributed by atoms with Crippen molar-refractivity contribution in [3.63, 3.8) is 0 Å². The molecule has 1 aromatic rings. The maximum Gasteiger partial charge on any atom is 0.265 e. The van der Waals surface area contributed by atoms with Gasteiger partial charge in [0.15, 0.2) is 0 Å². The van der Waals surface area contributed by atoms with E-state index in [1.807, 2.05) is 0 Å². The molecule has 2 rings (SSSR count). The Bertz CT molecular complexity index is 577. The molecule has 1 saturated heterocycles. The largest absolute Gasteiger partial charge is 0.390 e. The maximum absolute atomic E-state index is 12.0. The number of aromatic nitrogens is 2. The summed E-state index contributed by atoms with van der Waals surface area (Å²) in [7, 11) is 0. The maximum atomic E-state index is 12.0. The summed E-state index contributed by atoms with van der Waals surface area (Å²) in [5.74, 6) is -0.237. The van der Waals surface area contributed by atoms with E-state index < -0.39 is 16.7 Å². The standard InChI is InChI=1S/C12H17N3O4/c1-12(19)4-6-14(7-5-12)11(18)8-15-10(17)3-2-9(16)13-15/h2-3,19H,4-8H2,1H3,(H,13,16). The number of piperidine rings is 1. The predicted molar refractivity (Wildman–Crippen MR) is 67.8 cm³/mol. The van der Waals surface area contributed by atoms with Crippen LogP contribution < -0.4 is 11.1 Å². The SMILES string of the molecule is CC1(O)CCN(C(=O)Cn2[nH]c(=O)ccc2=O)CC1. The molecular formula is C12H17N3O4. The van der Waals surface area contributed by atoms with Crippen LogP contribution in [-0.2, 0) is 11.3 Å². The summed E-state index contributed by atoms with van der Waals surface area (Å²) in [5, 5.41) is 12.1. The molecule has 1 amide bonds. The van der Waals surface area contributed by atoms with Gasteiger partial charge in [0.05, 0.1) is 5.60 Å². The Morgan fingerprint density at radius 2 is 2.00 bits per heavy atom. The van der Waals surface area contributed by atoms with Crippen molar-refractivity contribution in [1.82, 2.24) is 14.7 Å². The number of likely N-dealkylation sites (tertiary alicyclic amines) is 1. The number of nitrogens with one attached hydrogen (secondary N) is 1. The number of aliphatic hydroxyl groups is 1. The Hall–Kier alpha value is -1.89. The van der Waals surface area contributed by atoms with Gasteiger partial charge in [0, 0.05) is 25.2 Å². The fourth-order valence-electron chi connectivity index (χ4n) is 2.05. The molecule has 0 atom stereocenters. The van der Waals surface area contributed by atoms with Crippen molar-refractivity contribution < 1.29 is 9.90 Å². The minimum atomic E-state index is -0.728. The zero-order chi connectivity index (χ0) is 14.0. The second-order valence-electron chi connectivity index (χ2n) is 5.11. The highest BCUT2D eigenvalue weighted by Gasteiger charge is 2.29. The topological polar surface area (TPSA) is 95.4 Å². The van der Waals surface area contributed by atoms with E-state index in [-0.39, 0.29) is 12.5 Å². The van der Waals surface area contributed by atoms with Crippen LogP contribution in [0.1, 0.15) is 19.8 Å². The van der Waals surface area contributed by atoms with Crippen molar-refractivity contribution >= 4 is 5.91 Å². The number of aromatic amines is 1. The van der Waals surface area contributed by atoms with Crippen LogP contribution >= 0.6 is 0 Å². The first-order valence-corrected chi connectivity index (χ1v) is 6.18. The molecule has 0 spiro atoms.